The molecule has 2 rings (SSSR count). The fourth-order valence-corrected chi connectivity index (χ4v) is 2.53. The van der Waals surface area contributed by atoms with Crippen molar-refractivity contribution in [1.29, 1.82) is 0 Å². The summed E-state index contributed by atoms with van der Waals surface area (Å²) in [7, 11) is 2.05. The summed E-state index contributed by atoms with van der Waals surface area (Å²) >= 11 is 1.31. The van der Waals surface area contributed by atoms with Crippen molar-refractivity contribution >= 4 is 11.7 Å². The summed E-state index contributed by atoms with van der Waals surface area (Å²) in [4.78, 5) is 0. The summed E-state index contributed by atoms with van der Waals surface area (Å²) in [6, 6.07) is 0.733. The molecule has 4 heteroatoms. The van der Waals surface area contributed by atoms with Gasteiger partial charge in [0.2, 0.25) is 0 Å². The van der Waals surface area contributed by atoms with Crippen LogP contribution in [0.5, 0.6) is 0 Å². The van der Waals surface area contributed by atoms with Crippen molar-refractivity contribution in [2.45, 2.75) is 31.7 Å². The summed E-state index contributed by atoms with van der Waals surface area (Å²) in [6.45, 7) is 0. The Labute approximate surface area is 82.9 Å². The van der Waals surface area contributed by atoms with Gasteiger partial charge in [0, 0.05) is 6.04 Å². The molecule has 0 amide bonds. The first kappa shape index (κ1) is 9.09. The van der Waals surface area contributed by atoms with E-state index in [1.54, 1.807) is 0 Å². The molecule has 0 bridgehead atoms. The lowest BCUT2D eigenvalue weighted by Crippen LogP contribution is -2.21. The number of hydrogen-bond donors (Lipinski definition) is 1. The number of hydrogen-bond acceptors (Lipinski definition) is 4. The highest BCUT2D eigenvalue weighted by Gasteiger charge is 2.23. The maximum absolute atomic E-state index is 4.24. The first-order chi connectivity index (χ1) is 6.38. The van der Waals surface area contributed by atoms with Crippen LogP contribution in [0.4, 0.5) is 0 Å². The minimum absolute atomic E-state index is 0.733. The Bertz CT molecular complexity index is 247. The molecule has 72 valence electrons. The fraction of sp³-hybridized carbons (Fsp3) is 0.778. The van der Waals surface area contributed by atoms with Crippen LogP contribution < -0.4 is 5.32 Å². The van der Waals surface area contributed by atoms with Crippen LogP contribution in [-0.4, -0.2) is 21.8 Å². The van der Waals surface area contributed by atoms with Crippen LogP contribution in [-0.2, 0) is 6.42 Å². The first-order valence-electron chi connectivity index (χ1n) is 4.82. The summed E-state index contributed by atoms with van der Waals surface area (Å²) < 4.78 is 8.26. The second-order valence-corrected chi connectivity index (χ2v) is 4.32. The molecule has 2 atom stereocenters. The lowest BCUT2D eigenvalue weighted by Gasteiger charge is -2.08. The first-order valence-corrected chi connectivity index (χ1v) is 5.55. The quantitative estimate of drug-likeness (QED) is 0.797. The summed E-state index contributed by atoms with van der Waals surface area (Å²) in [5, 5.41) is 3.34. The highest BCUT2D eigenvalue weighted by molar-refractivity contribution is 6.99. The second-order valence-electron chi connectivity index (χ2n) is 3.77. The summed E-state index contributed by atoms with van der Waals surface area (Å²) in [6.07, 6.45) is 6.97. The fourth-order valence-electron chi connectivity index (χ4n) is 2.09. The van der Waals surface area contributed by atoms with Crippen molar-refractivity contribution in [1.82, 2.24) is 14.1 Å². The molecule has 3 nitrogen and oxygen atoms in total. The molecule has 1 heterocycles. The Morgan fingerprint density at radius 3 is 3.15 bits per heavy atom. The van der Waals surface area contributed by atoms with Crippen molar-refractivity contribution in [3.05, 3.63) is 11.9 Å². The molecule has 1 saturated carbocycles. The second kappa shape index (κ2) is 4.15. The van der Waals surface area contributed by atoms with Gasteiger partial charge in [0.15, 0.2) is 0 Å². The van der Waals surface area contributed by atoms with Gasteiger partial charge in [-0.15, -0.1) is 0 Å². The lowest BCUT2D eigenvalue weighted by molar-refractivity contribution is 0.506. The largest absolute Gasteiger partial charge is 0.317 e. The highest BCUT2D eigenvalue weighted by atomic mass is 32.1. The summed E-state index contributed by atoms with van der Waals surface area (Å²) in [5.74, 6) is 0.821. The van der Waals surface area contributed by atoms with Gasteiger partial charge >= 0.3 is 0 Å². The Hall–Kier alpha value is -0.480. The van der Waals surface area contributed by atoms with E-state index in [9.17, 15) is 0 Å². The molecule has 0 saturated heterocycles. The van der Waals surface area contributed by atoms with Gasteiger partial charge in [-0.3, -0.25) is 0 Å². The number of nitrogens with zero attached hydrogens (tertiary/aromatic N) is 2. The van der Waals surface area contributed by atoms with Crippen LogP contribution in [0.3, 0.4) is 0 Å². The average Bonchev–Trinajstić information content (AvgIpc) is 2.76. The molecule has 13 heavy (non-hydrogen) atoms. The van der Waals surface area contributed by atoms with Crippen molar-refractivity contribution in [2.24, 2.45) is 5.92 Å². The van der Waals surface area contributed by atoms with Gasteiger partial charge in [0.1, 0.15) is 0 Å². The number of nitrogens with one attached hydrogen (secondary N) is 1. The van der Waals surface area contributed by atoms with Crippen molar-refractivity contribution in [3.63, 3.8) is 0 Å². The predicted octanol–water partition coefficient (Wildman–Crippen LogP) is 1.47. The number of aromatic nitrogens is 2. The van der Waals surface area contributed by atoms with Gasteiger partial charge in [-0.2, -0.15) is 8.75 Å². The monoisotopic (exact) mass is 197 g/mol. The molecule has 1 aliphatic carbocycles. The Balaban J connectivity index is 1.84. The maximum Gasteiger partial charge on any atom is 0.0745 e. The van der Waals surface area contributed by atoms with E-state index < -0.39 is 0 Å². The third-order valence-electron chi connectivity index (χ3n) is 2.85. The van der Waals surface area contributed by atoms with Gasteiger partial charge < -0.3 is 5.32 Å². The molecule has 2 unspecified atom stereocenters. The van der Waals surface area contributed by atoms with Crippen LogP contribution in [0.1, 0.15) is 25.0 Å². The van der Waals surface area contributed by atoms with Crippen LogP contribution in [0, 0.1) is 5.92 Å². The van der Waals surface area contributed by atoms with E-state index in [4.69, 9.17) is 0 Å². The minimum Gasteiger partial charge on any atom is -0.317 e. The van der Waals surface area contributed by atoms with E-state index in [2.05, 4.69) is 21.1 Å². The predicted molar refractivity (Wildman–Crippen MR) is 53.8 cm³/mol. The molecule has 1 fully saturated rings. The Kier molecular flexibility index (Phi) is 2.90. The maximum atomic E-state index is 4.24. The zero-order valence-electron chi connectivity index (χ0n) is 7.86. The van der Waals surface area contributed by atoms with Crippen LogP contribution >= 0.6 is 11.7 Å². The minimum atomic E-state index is 0.733. The third kappa shape index (κ3) is 2.25. The zero-order chi connectivity index (χ0) is 9.10. The molecule has 0 spiro atoms. The smallest absolute Gasteiger partial charge is 0.0745 e. The van der Waals surface area contributed by atoms with Gasteiger partial charge in [-0.25, -0.2) is 0 Å². The average molecular weight is 197 g/mol. The van der Waals surface area contributed by atoms with Crippen molar-refractivity contribution in [2.75, 3.05) is 7.05 Å². The normalized spacial score (nSPS) is 28.1. The SMILES string of the molecule is CNC1CCC(Cc2cnsn2)C1. The van der Waals surface area contributed by atoms with Gasteiger partial charge in [0.05, 0.1) is 23.6 Å². The summed E-state index contributed by atoms with van der Waals surface area (Å²) in [5.41, 5.74) is 1.17. The van der Waals surface area contributed by atoms with E-state index in [1.807, 2.05) is 6.20 Å². The van der Waals surface area contributed by atoms with Crippen LogP contribution in [0.2, 0.25) is 0 Å². The molecule has 0 radical (unpaired) electrons. The molecule has 1 aliphatic rings. The molecule has 0 aromatic carbocycles. The highest BCUT2D eigenvalue weighted by Crippen LogP contribution is 2.27. The Morgan fingerprint density at radius 1 is 1.62 bits per heavy atom. The lowest BCUT2D eigenvalue weighted by atomic mass is 10.0. The molecular formula is C9H15N3S. The molecular weight excluding hydrogens is 182 g/mol. The van der Waals surface area contributed by atoms with E-state index in [-0.39, 0.29) is 0 Å². The standard InChI is InChI=1S/C9H15N3S/c1-10-8-3-2-7(4-8)5-9-6-11-13-12-9/h6-8,10H,2-5H2,1H3. The Morgan fingerprint density at radius 2 is 2.54 bits per heavy atom. The molecule has 1 N–H and O–H groups in total. The van der Waals surface area contributed by atoms with Crippen molar-refractivity contribution in [3.8, 4) is 0 Å². The third-order valence-corrected chi connectivity index (χ3v) is 3.37. The van der Waals surface area contributed by atoms with Gasteiger partial charge in [-0.05, 0) is 38.6 Å². The van der Waals surface area contributed by atoms with Crippen molar-refractivity contribution < 1.29 is 0 Å². The van der Waals surface area contributed by atoms with Gasteiger partial charge in [0.25, 0.3) is 0 Å². The van der Waals surface area contributed by atoms with E-state index >= 15 is 0 Å². The van der Waals surface area contributed by atoms with Crippen LogP contribution in [0.25, 0.3) is 0 Å². The number of rotatable bonds is 3. The molecule has 1 aromatic rings. The van der Waals surface area contributed by atoms with E-state index in [1.165, 1.54) is 36.7 Å². The topological polar surface area (TPSA) is 37.8 Å². The zero-order valence-corrected chi connectivity index (χ0v) is 8.68. The molecule has 0 aliphatic heterocycles. The van der Waals surface area contributed by atoms with E-state index in [0.717, 1.165) is 18.4 Å². The van der Waals surface area contributed by atoms with E-state index in [0.29, 0.717) is 0 Å². The van der Waals surface area contributed by atoms with Gasteiger partial charge in [-0.1, -0.05) is 0 Å². The van der Waals surface area contributed by atoms with Crippen LogP contribution in [0.15, 0.2) is 6.20 Å². The molecule has 1 aromatic heterocycles.